The zero-order valence-electron chi connectivity index (χ0n) is 6.39. The molecular formula is C8H12O2. The van der Waals surface area contributed by atoms with Gasteiger partial charge >= 0.3 is 0 Å². The average Bonchev–Trinajstić information content (AvgIpc) is 2.09. The highest BCUT2D eigenvalue weighted by Crippen LogP contribution is 2.27. The highest BCUT2D eigenvalue weighted by Gasteiger charge is 2.36. The van der Waals surface area contributed by atoms with Gasteiger partial charge in [-0.15, -0.1) is 0 Å². The van der Waals surface area contributed by atoms with Crippen molar-refractivity contribution in [2.45, 2.75) is 26.7 Å². The summed E-state index contributed by atoms with van der Waals surface area (Å²) in [6, 6.07) is 0. The van der Waals surface area contributed by atoms with E-state index < -0.39 is 0 Å². The largest absolute Gasteiger partial charge is 0.291 e. The molecule has 0 aliphatic heterocycles. The van der Waals surface area contributed by atoms with E-state index in [-0.39, 0.29) is 23.4 Å². The number of ketones is 2. The van der Waals surface area contributed by atoms with Crippen molar-refractivity contribution in [1.82, 2.24) is 0 Å². The van der Waals surface area contributed by atoms with Crippen molar-refractivity contribution >= 4 is 11.6 Å². The molecule has 1 saturated carbocycles. The molecule has 10 heavy (non-hydrogen) atoms. The Kier molecular flexibility index (Phi) is 1.88. The molecule has 2 atom stereocenters. The fraction of sp³-hybridized carbons (Fsp3) is 0.750. The Balaban J connectivity index is 2.74. The molecule has 0 aromatic rings. The lowest BCUT2D eigenvalue weighted by molar-refractivity contribution is -0.135. The topological polar surface area (TPSA) is 34.1 Å². The quantitative estimate of drug-likeness (QED) is 0.513. The van der Waals surface area contributed by atoms with Crippen molar-refractivity contribution in [2.24, 2.45) is 11.8 Å². The third-order valence-corrected chi connectivity index (χ3v) is 2.25. The van der Waals surface area contributed by atoms with Crippen molar-refractivity contribution in [1.29, 1.82) is 0 Å². The Morgan fingerprint density at radius 1 is 1.50 bits per heavy atom. The Hall–Kier alpha value is -0.660. The second-order valence-corrected chi connectivity index (χ2v) is 2.98. The molecule has 1 aliphatic rings. The monoisotopic (exact) mass is 140 g/mol. The Morgan fingerprint density at radius 3 is 2.30 bits per heavy atom. The third-order valence-electron chi connectivity index (χ3n) is 2.25. The van der Waals surface area contributed by atoms with E-state index >= 15 is 0 Å². The van der Waals surface area contributed by atoms with Crippen molar-refractivity contribution in [3.8, 4) is 0 Å². The number of hydrogen-bond acceptors (Lipinski definition) is 2. The van der Waals surface area contributed by atoms with Crippen LogP contribution in [-0.2, 0) is 9.59 Å². The second kappa shape index (κ2) is 2.52. The van der Waals surface area contributed by atoms with Gasteiger partial charge in [0.25, 0.3) is 0 Å². The molecule has 0 spiro atoms. The molecule has 0 aromatic heterocycles. The first kappa shape index (κ1) is 7.45. The molecule has 0 amide bonds. The van der Waals surface area contributed by atoms with Crippen LogP contribution in [0.4, 0.5) is 0 Å². The van der Waals surface area contributed by atoms with Crippen LogP contribution in [-0.4, -0.2) is 11.6 Å². The van der Waals surface area contributed by atoms with Crippen molar-refractivity contribution < 1.29 is 9.59 Å². The molecule has 56 valence electrons. The number of hydrogen-bond donors (Lipinski definition) is 0. The lowest BCUT2D eigenvalue weighted by Crippen LogP contribution is -2.14. The summed E-state index contributed by atoms with van der Waals surface area (Å²) in [5.74, 6) is -0.00755. The summed E-state index contributed by atoms with van der Waals surface area (Å²) in [5.41, 5.74) is 0. The van der Waals surface area contributed by atoms with Crippen molar-refractivity contribution in [3.05, 3.63) is 0 Å². The molecule has 0 radical (unpaired) electrons. The van der Waals surface area contributed by atoms with Crippen molar-refractivity contribution in [2.75, 3.05) is 0 Å². The van der Waals surface area contributed by atoms with Crippen LogP contribution in [0.1, 0.15) is 26.7 Å². The van der Waals surface area contributed by atoms with E-state index in [1.165, 1.54) is 0 Å². The maximum atomic E-state index is 11.0. The smallest absolute Gasteiger partial charge is 0.201 e. The SMILES string of the molecule is CC[C@H]1C(=O)C(=O)C[C@H]1C. The summed E-state index contributed by atoms with van der Waals surface area (Å²) in [6.45, 7) is 3.93. The first-order chi connectivity index (χ1) is 4.66. The fourth-order valence-corrected chi connectivity index (χ4v) is 1.59. The minimum Gasteiger partial charge on any atom is -0.291 e. The van der Waals surface area contributed by atoms with Crippen LogP contribution in [0.2, 0.25) is 0 Å². The van der Waals surface area contributed by atoms with Gasteiger partial charge in [0.05, 0.1) is 0 Å². The first-order valence-electron chi connectivity index (χ1n) is 3.73. The maximum absolute atomic E-state index is 11.0. The van der Waals surface area contributed by atoms with E-state index in [0.29, 0.717) is 6.42 Å². The van der Waals surface area contributed by atoms with E-state index in [1.54, 1.807) is 0 Å². The zero-order valence-corrected chi connectivity index (χ0v) is 6.39. The summed E-state index contributed by atoms with van der Waals surface area (Å²) < 4.78 is 0. The van der Waals surface area contributed by atoms with Crippen LogP contribution >= 0.6 is 0 Å². The van der Waals surface area contributed by atoms with Gasteiger partial charge in [0, 0.05) is 12.3 Å². The van der Waals surface area contributed by atoms with Crippen LogP contribution < -0.4 is 0 Å². The van der Waals surface area contributed by atoms with E-state index in [1.807, 2.05) is 13.8 Å². The Morgan fingerprint density at radius 2 is 2.10 bits per heavy atom. The van der Waals surface area contributed by atoms with Gasteiger partial charge < -0.3 is 0 Å². The van der Waals surface area contributed by atoms with Crippen LogP contribution in [0.15, 0.2) is 0 Å². The van der Waals surface area contributed by atoms with Gasteiger partial charge in [-0.25, -0.2) is 0 Å². The predicted octanol–water partition coefficient (Wildman–Crippen LogP) is 1.19. The van der Waals surface area contributed by atoms with E-state index in [9.17, 15) is 9.59 Å². The molecule has 0 unspecified atom stereocenters. The van der Waals surface area contributed by atoms with Gasteiger partial charge in [-0.3, -0.25) is 9.59 Å². The van der Waals surface area contributed by atoms with Gasteiger partial charge in [-0.2, -0.15) is 0 Å². The zero-order chi connectivity index (χ0) is 7.72. The van der Waals surface area contributed by atoms with E-state index in [2.05, 4.69) is 0 Å². The Bertz CT molecular complexity index is 172. The fourth-order valence-electron chi connectivity index (χ4n) is 1.59. The van der Waals surface area contributed by atoms with Gasteiger partial charge in [-0.1, -0.05) is 13.8 Å². The lowest BCUT2D eigenvalue weighted by atomic mass is 9.95. The van der Waals surface area contributed by atoms with E-state index in [4.69, 9.17) is 0 Å². The highest BCUT2D eigenvalue weighted by molar-refractivity contribution is 6.40. The normalized spacial score (nSPS) is 33.4. The van der Waals surface area contributed by atoms with Gasteiger partial charge in [0.15, 0.2) is 5.78 Å². The number of carbonyl (C=O) groups is 2. The Labute approximate surface area is 60.6 Å². The highest BCUT2D eigenvalue weighted by atomic mass is 16.2. The summed E-state index contributed by atoms with van der Waals surface area (Å²) in [6.07, 6.45) is 1.28. The molecule has 0 N–H and O–H groups in total. The summed E-state index contributed by atoms with van der Waals surface area (Å²) in [5, 5.41) is 0. The van der Waals surface area contributed by atoms with Crippen LogP contribution in [0, 0.1) is 11.8 Å². The molecule has 2 heteroatoms. The standard InChI is InChI=1S/C8H12O2/c1-3-6-5(2)4-7(9)8(6)10/h5-6H,3-4H2,1-2H3/t5-,6-/m1/s1. The maximum Gasteiger partial charge on any atom is 0.201 e. The van der Waals surface area contributed by atoms with Gasteiger partial charge in [0.2, 0.25) is 5.78 Å². The van der Waals surface area contributed by atoms with Crippen LogP contribution in [0.5, 0.6) is 0 Å². The van der Waals surface area contributed by atoms with Crippen molar-refractivity contribution in [3.63, 3.8) is 0 Å². The molecule has 0 heterocycles. The molecule has 0 aromatic carbocycles. The van der Waals surface area contributed by atoms with Gasteiger partial charge in [0.1, 0.15) is 0 Å². The molecule has 0 saturated heterocycles. The number of carbonyl (C=O) groups excluding carboxylic acids is 2. The summed E-state index contributed by atoms with van der Waals surface area (Å²) in [7, 11) is 0. The molecular weight excluding hydrogens is 128 g/mol. The molecule has 1 rings (SSSR count). The van der Waals surface area contributed by atoms with Crippen LogP contribution in [0.3, 0.4) is 0 Å². The molecule has 2 nitrogen and oxygen atoms in total. The minimum absolute atomic E-state index is 0.0208. The second-order valence-electron chi connectivity index (χ2n) is 2.98. The molecule has 1 aliphatic carbocycles. The predicted molar refractivity (Wildman–Crippen MR) is 37.6 cm³/mol. The lowest BCUT2D eigenvalue weighted by Gasteiger charge is -2.07. The molecule has 0 bridgehead atoms. The number of Topliss-reactive ketones (excluding diaryl/α,β-unsaturated/α-hetero) is 2. The number of rotatable bonds is 1. The van der Waals surface area contributed by atoms with Crippen LogP contribution in [0.25, 0.3) is 0 Å². The van der Waals surface area contributed by atoms with E-state index in [0.717, 1.165) is 6.42 Å². The average molecular weight is 140 g/mol. The third kappa shape index (κ3) is 0.981. The van der Waals surface area contributed by atoms with Gasteiger partial charge in [-0.05, 0) is 12.3 Å². The first-order valence-corrected chi connectivity index (χ1v) is 3.73. The minimum atomic E-state index is -0.167. The summed E-state index contributed by atoms with van der Waals surface area (Å²) in [4.78, 5) is 21.8. The molecule has 1 fully saturated rings. The summed E-state index contributed by atoms with van der Waals surface area (Å²) >= 11 is 0.